The van der Waals surface area contributed by atoms with Crippen molar-refractivity contribution in [1.29, 1.82) is 0 Å². The zero-order valence-electron chi connectivity index (χ0n) is 15.1. The van der Waals surface area contributed by atoms with Crippen molar-refractivity contribution in [1.82, 2.24) is 23.7 Å². The van der Waals surface area contributed by atoms with Crippen LogP contribution < -0.4 is 0 Å². The molecule has 0 aromatic carbocycles. The molecule has 0 spiro atoms. The molecule has 0 radical (unpaired) electrons. The Labute approximate surface area is 167 Å². The number of pyridine rings is 3. The van der Waals surface area contributed by atoms with E-state index in [1.165, 1.54) is 26.4 Å². The van der Waals surface area contributed by atoms with Gasteiger partial charge in [0.15, 0.2) is 0 Å². The van der Waals surface area contributed by atoms with Crippen LogP contribution in [-0.4, -0.2) is 46.2 Å². The molecule has 0 atom stereocenters. The summed E-state index contributed by atoms with van der Waals surface area (Å²) in [5.41, 5.74) is 4.10. The van der Waals surface area contributed by atoms with E-state index in [9.17, 15) is 8.42 Å². The molecule has 4 heterocycles. The van der Waals surface area contributed by atoms with Gasteiger partial charge in [-0.05, 0) is 41.5 Å². The first-order valence-corrected chi connectivity index (χ1v) is 10.2. The number of halogens is 1. The zero-order valence-corrected chi connectivity index (χ0v) is 16.7. The van der Waals surface area contributed by atoms with Gasteiger partial charge in [0.2, 0.25) is 10.0 Å². The van der Waals surface area contributed by atoms with Crippen LogP contribution in [0.25, 0.3) is 28.0 Å². The minimum atomic E-state index is -3.71. The number of nitrogens with zero attached hydrogens (tertiary/aromatic N) is 5. The number of imidazole rings is 1. The molecular formula is C19H16ClN5O2S. The fourth-order valence-electron chi connectivity index (χ4n) is 2.86. The minimum Gasteiger partial charge on any atom is -0.300 e. The van der Waals surface area contributed by atoms with E-state index in [0.717, 1.165) is 26.8 Å². The van der Waals surface area contributed by atoms with E-state index in [-0.39, 0.29) is 10.0 Å². The van der Waals surface area contributed by atoms with Crippen molar-refractivity contribution in [3.63, 3.8) is 0 Å². The lowest BCUT2D eigenvalue weighted by Crippen LogP contribution is -2.22. The molecule has 4 aromatic heterocycles. The maximum atomic E-state index is 12.5. The summed E-state index contributed by atoms with van der Waals surface area (Å²) in [4.78, 5) is 12.5. The van der Waals surface area contributed by atoms with Crippen LogP contribution >= 0.6 is 11.6 Å². The van der Waals surface area contributed by atoms with Gasteiger partial charge < -0.3 is 0 Å². The number of fused-ring (bicyclic) bond motifs is 1. The Morgan fingerprint density at radius 1 is 0.964 bits per heavy atom. The molecule has 4 rings (SSSR count). The molecule has 0 unspecified atom stereocenters. The van der Waals surface area contributed by atoms with E-state index >= 15 is 0 Å². The second-order valence-electron chi connectivity index (χ2n) is 6.32. The van der Waals surface area contributed by atoms with Crippen LogP contribution in [0.5, 0.6) is 0 Å². The topological polar surface area (TPSA) is 80.5 Å². The Morgan fingerprint density at radius 3 is 2.43 bits per heavy atom. The first-order valence-electron chi connectivity index (χ1n) is 8.34. The first kappa shape index (κ1) is 18.5. The molecule has 0 aliphatic rings. The summed E-state index contributed by atoms with van der Waals surface area (Å²) in [5.74, 6) is 0. The number of rotatable bonds is 4. The van der Waals surface area contributed by atoms with E-state index in [1.807, 2.05) is 34.9 Å². The molecule has 0 saturated heterocycles. The smallest absolute Gasteiger partial charge is 0.245 e. The summed E-state index contributed by atoms with van der Waals surface area (Å²) >= 11 is 6.05. The Hall–Kier alpha value is -2.81. The van der Waals surface area contributed by atoms with Crippen molar-refractivity contribution in [3.05, 3.63) is 66.5 Å². The molecule has 0 aliphatic heterocycles. The second kappa shape index (κ2) is 6.97. The summed E-state index contributed by atoms with van der Waals surface area (Å²) in [6.07, 6.45) is 8.59. The lowest BCUT2D eigenvalue weighted by atomic mass is 10.1. The van der Waals surface area contributed by atoms with E-state index in [0.29, 0.717) is 5.56 Å². The normalized spacial score (nSPS) is 12.0. The standard InChI is InChI=1S/C19H16ClN5O2S/c1-24(2)28(26,27)17-9-15(11-23-19(17)20)16-12-22-18-10-14(5-8-25(16)18)13-3-6-21-7-4-13/h3-12H,1-2H3. The average molecular weight is 414 g/mol. The van der Waals surface area contributed by atoms with Gasteiger partial charge in [-0.1, -0.05) is 11.6 Å². The first-order chi connectivity index (χ1) is 13.4. The van der Waals surface area contributed by atoms with E-state index in [2.05, 4.69) is 15.0 Å². The van der Waals surface area contributed by atoms with Gasteiger partial charge in [-0.3, -0.25) is 9.38 Å². The van der Waals surface area contributed by atoms with Crippen LogP contribution in [0.1, 0.15) is 0 Å². The van der Waals surface area contributed by atoms with Gasteiger partial charge >= 0.3 is 0 Å². The van der Waals surface area contributed by atoms with Crippen LogP contribution in [0, 0.1) is 0 Å². The van der Waals surface area contributed by atoms with Gasteiger partial charge in [0.25, 0.3) is 0 Å². The molecule has 0 N–H and O–H groups in total. The van der Waals surface area contributed by atoms with Crippen LogP contribution in [0.15, 0.2) is 66.2 Å². The summed E-state index contributed by atoms with van der Waals surface area (Å²) in [7, 11) is -0.811. The zero-order chi connectivity index (χ0) is 19.9. The highest BCUT2D eigenvalue weighted by molar-refractivity contribution is 7.89. The molecule has 0 aliphatic carbocycles. The van der Waals surface area contributed by atoms with Crippen molar-refractivity contribution in [3.8, 4) is 22.4 Å². The number of hydrogen-bond acceptors (Lipinski definition) is 5. The molecule has 0 bridgehead atoms. The van der Waals surface area contributed by atoms with E-state index in [1.54, 1.807) is 18.6 Å². The van der Waals surface area contributed by atoms with Crippen molar-refractivity contribution in [2.24, 2.45) is 0 Å². The predicted octanol–water partition coefficient (Wildman–Crippen LogP) is 3.36. The molecule has 9 heteroatoms. The lowest BCUT2D eigenvalue weighted by molar-refractivity contribution is 0.520. The van der Waals surface area contributed by atoms with Gasteiger partial charge in [0.1, 0.15) is 15.7 Å². The number of aromatic nitrogens is 4. The lowest BCUT2D eigenvalue weighted by Gasteiger charge is -2.13. The molecule has 0 fully saturated rings. The number of hydrogen-bond donors (Lipinski definition) is 0. The third-order valence-electron chi connectivity index (χ3n) is 4.39. The largest absolute Gasteiger partial charge is 0.300 e. The van der Waals surface area contributed by atoms with Gasteiger partial charge in [-0.2, -0.15) is 0 Å². The van der Waals surface area contributed by atoms with E-state index in [4.69, 9.17) is 11.6 Å². The monoisotopic (exact) mass is 413 g/mol. The fraction of sp³-hybridized carbons (Fsp3) is 0.105. The van der Waals surface area contributed by atoms with Crippen molar-refractivity contribution < 1.29 is 8.42 Å². The highest BCUT2D eigenvalue weighted by Crippen LogP contribution is 2.29. The quantitative estimate of drug-likeness (QED) is 0.479. The predicted molar refractivity (Wildman–Crippen MR) is 108 cm³/mol. The van der Waals surface area contributed by atoms with Crippen LogP contribution in [0.4, 0.5) is 0 Å². The summed E-state index contributed by atoms with van der Waals surface area (Å²) in [6, 6.07) is 9.30. The Bertz CT molecular complexity index is 1270. The summed E-state index contributed by atoms with van der Waals surface area (Å²) in [5, 5.41) is -0.0637. The van der Waals surface area contributed by atoms with Crippen molar-refractivity contribution in [2.75, 3.05) is 14.1 Å². The molecule has 142 valence electrons. The molecule has 0 saturated carbocycles. The van der Waals surface area contributed by atoms with Crippen molar-refractivity contribution in [2.45, 2.75) is 4.90 Å². The SMILES string of the molecule is CN(C)S(=O)(=O)c1cc(-c2cnc3cc(-c4ccncc4)ccn23)cnc1Cl. The average Bonchev–Trinajstić information content (AvgIpc) is 3.12. The van der Waals surface area contributed by atoms with E-state index < -0.39 is 10.0 Å². The fourth-order valence-corrected chi connectivity index (χ4v) is 4.19. The summed E-state index contributed by atoms with van der Waals surface area (Å²) in [6.45, 7) is 0. The molecular weight excluding hydrogens is 398 g/mol. The van der Waals surface area contributed by atoms with Gasteiger partial charge in [-0.15, -0.1) is 0 Å². The number of sulfonamides is 1. The van der Waals surface area contributed by atoms with Gasteiger partial charge in [-0.25, -0.2) is 22.7 Å². The Morgan fingerprint density at radius 2 is 1.71 bits per heavy atom. The Kier molecular flexibility index (Phi) is 4.62. The highest BCUT2D eigenvalue weighted by Gasteiger charge is 2.23. The molecule has 28 heavy (non-hydrogen) atoms. The minimum absolute atomic E-state index is 0.0416. The summed E-state index contributed by atoms with van der Waals surface area (Å²) < 4.78 is 28.0. The van der Waals surface area contributed by atoms with Crippen LogP contribution in [0.2, 0.25) is 5.15 Å². The van der Waals surface area contributed by atoms with Gasteiger partial charge in [0.05, 0.1) is 11.9 Å². The Balaban J connectivity index is 1.82. The third kappa shape index (κ3) is 3.15. The van der Waals surface area contributed by atoms with Gasteiger partial charge in [0, 0.05) is 44.4 Å². The third-order valence-corrected chi connectivity index (χ3v) is 6.63. The van der Waals surface area contributed by atoms with Crippen LogP contribution in [-0.2, 0) is 10.0 Å². The van der Waals surface area contributed by atoms with Crippen molar-refractivity contribution >= 4 is 27.3 Å². The molecule has 7 nitrogen and oxygen atoms in total. The maximum Gasteiger partial charge on any atom is 0.245 e. The highest BCUT2D eigenvalue weighted by atomic mass is 35.5. The molecule has 0 amide bonds. The molecule has 4 aromatic rings. The maximum absolute atomic E-state index is 12.5. The van der Waals surface area contributed by atoms with Crippen LogP contribution in [0.3, 0.4) is 0 Å². The second-order valence-corrected chi connectivity index (χ2v) is 8.80.